The first-order valence-electron chi connectivity index (χ1n) is 8.55. The van der Waals surface area contributed by atoms with Crippen molar-refractivity contribution in [2.24, 2.45) is 0 Å². The van der Waals surface area contributed by atoms with Crippen molar-refractivity contribution in [1.29, 1.82) is 0 Å². The molecule has 1 aliphatic heterocycles. The van der Waals surface area contributed by atoms with E-state index >= 15 is 0 Å². The van der Waals surface area contributed by atoms with E-state index in [-0.39, 0.29) is 16.5 Å². The number of carbonyl (C=O) groups excluding carboxylic acids is 1. The zero-order chi connectivity index (χ0) is 19.4. The zero-order valence-corrected chi connectivity index (χ0v) is 16.0. The quantitative estimate of drug-likeness (QED) is 0.790. The molecule has 0 aromatic heterocycles. The van der Waals surface area contributed by atoms with Crippen molar-refractivity contribution >= 4 is 21.6 Å². The fourth-order valence-electron chi connectivity index (χ4n) is 2.78. The molecule has 144 valence electrons. The number of sulfonamides is 1. The highest BCUT2D eigenvalue weighted by molar-refractivity contribution is 7.89. The Morgan fingerprint density at radius 2 is 1.93 bits per heavy atom. The molecule has 1 unspecified atom stereocenters. The predicted molar refractivity (Wildman–Crippen MR) is 102 cm³/mol. The van der Waals surface area contributed by atoms with Crippen molar-refractivity contribution < 1.29 is 22.7 Å². The second kappa shape index (κ2) is 8.08. The van der Waals surface area contributed by atoms with Gasteiger partial charge in [-0.1, -0.05) is 17.7 Å². The van der Waals surface area contributed by atoms with Gasteiger partial charge < -0.3 is 14.8 Å². The molecule has 0 bridgehead atoms. The summed E-state index contributed by atoms with van der Waals surface area (Å²) in [5, 5.41) is 2.76. The average molecular weight is 390 g/mol. The van der Waals surface area contributed by atoms with E-state index in [9.17, 15) is 13.2 Å². The molecular formula is C19H22N2O5S. The Morgan fingerprint density at radius 3 is 2.56 bits per heavy atom. The van der Waals surface area contributed by atoms with E-state index in [0.29, 0.717) is 31.1 Å². The highest BCUT2D eigenvalue weighted by Crippen LogP contribution is 2.24. The summed E-state index contributed by atoms with van der Waals surface area (Å²) in [6.07, 6.45) is 0.621. The van der Waals surface area contributed by atoms with E-state index in [1.807, 2.05) is 19.1 Å². The third kappa shape index (κ3) is 4.65. The summed E-state index contributed by atoms with van der Waals surface area (Å²) in [6, 6.07) is 11.3. The lowest BCUT2D eigenvalue weighted by atomic mass is 10.1. The molecule has 8 heteroatoms. The Kier molecular flexibility index (Phi) is 5.79. The molecule has 2 N–H and O–H groups in total. The molecule has 1 fully saturated rings. The van der Waals surface area contributed by atoms with Crippen molar-refractivity contribution in [3.8, 4) is 5.75 Å². The van der Waals surface area contributed by atoms with Crippen LogP contribution in [0.1, 0.15) is 22.3 Å². The van der Waals surface area contributed by atoms with Gasteiger partial charge in [0.2, 0.25) is 10.0 Å². The maximum absolute atomic E-state index is 12.7. The zero-order valence-electron chi connectivity index (χ0n) is 15.2. The fourth-order valence-corrected chi connectivity index (χ4v) is 4.06. The second-order valence-corrected chi connectivity index (χ2v) is 8.08. The lowest BCUT2D eigenvalue weighted by molar-refractivity contribution is 0.102. The molecule has 7 nitrogen and oxygen atoms in total. The van der Waals surface area contributed by atoms with Crippen molar-refractivity contribution in [2.45, 2.75) is 24.3 Å². The highest BCUT2D eigenvalue weighted by Gasteiger charge is 2.25. The van der Waals surface area contributed by atoms with Gasteiger partial charge in [0.15, 0.2) is 0 Å². The summed E-state index contributed by atoms with van der Waals surface area (Å²) in [5.41, 5.74) is 1.83. The third-order valence-corrected chi connectivity index (χ3v) is 5.80. The monoisotopic (exact) mass is 390 g/mol. The van der Waals surface area contributed by atoms with Crippen LogP contribution in [0.4, 0.5) is 5.69 Å². The molecule has 0 saturated carbocycles. The summed E-state index contributed by atoms with van der Waals surface area (Å²) < 4.78 is 38.3. The van der Waals surface area contributed by atoms with Crippen molar-refractivity contribution in [2.75, 3.05) is 25.6 Å². The van der Waals surface area contributed by atoms with Gasteiger partial charge in [0.1, 0.15) is 5.75 Å². The molecule has 0 aliphatic carbocycles. The van der Waals surface area contributed by atoms with Crippen LogP contribution in [0.25, 0.3) is 0 Å². The smallest absolute Gasteiger partial charge is 0.259 e. The Balaban J connectivity index is 1.86. The first kappa shape index (κ1) is 19.3. The Labute approximate surface area is 158 Å². The number of methoxy groups -OCH3 is 1. The highest BCUT2D eigenvalue weighted by atomic mass is 32.2. The molecule has 2 aromatic carbocycles. The summed E-state index contributed by atoms with van der Waals surface area (Å²) in [7, 11) is -2.34. The molecule has 1 amide bonds. The Morgan fingerprint density at radius 1 is 1.19 bits per heavy atom. The molecule has 1 aliphatic rings. The van der Waals surface area contributed by atoms with Crippen LogP contribution in [0.2, 0.25) is 0 Å². The number of nitrogens with one attached hydrogen (secondary N) is 2. The SMILES string of the molecule is COc1ccc(S(=O)(=O)NC2CCOC2)cc1C(=O)Nc1ccc(C)cc1. The minimum Gasteiger partial charge on any atom is -0.496 e. The number of hydrogen-bond acceptors (Lipinski definition) is 5. The van der Waals surface area contributed by atoms with Gasteiger partial charge in [-0.2, -0.15) is 0 Å². The van der Waals surface area contributed by atoms with Crippen molar-refractivity contribution in [3.05, 3.63) is 53.6 Å². The van der Waals surface area contributed by atoms with Crippen molar-refractivity contribution in [1.82, 2.24) is 4.72 Å². The number of carbonyl (C=O) groups is 1. The molecule has 1 heterocycles. The van der Waals surface area contributed by atoms with Crippen LogP contribution in [0.3, 0.4) is 0 Å². The minimum absolute atomic E-state index is 0.00394. The summed E-state index contributed by atoms with van der Waals surface area (Å²) >= 11 is 0. The molecule has 1 saturated heterocycles. The summed E-state index contributed by atoms with van der Waals surface area (Å²) in [6.45, 7) is 2.82. The van der Waals surface area contributed by atoms with Crippen molar-refractivity contribution in [3.63, 3.8) is 0 Å². The third-order valence-electron chi connectivity index (χ3n) is 4.29. The van der Waals surface area contributed by atoms with Crippen LogP contribution in [0.15, 0.2) is 47.4 Å². The van der Waals surface area contributed by atoms with Gasteiger partial charge >= 0.3 is 0 Å². The standard InChI is InChI=1S/C19H22N2O5S/c1-13-3-5-14(6-4-13)20-19(22)17-11-16(7-8-18(17)25-2)27(23,24)21-15-9-10-26-12-15/h3-8,11,15,21H,9-10,12H2,1-2H3,(H,20,22). The van der Waals surface area contributed by atoms with Crippen LogP contribution in [-0.2, 0) is 14.8 Å². The first-order valence-corrected chi connectivity index (χ1v) is 10.0. The fraction of sp³-hybridized carbons (Fsp3) is 0.316. The molecule has 2 aromatic rings. The molecular weight excluding hydrogens is 368 g/mol. The lowest BCUT2D eigenvalue weighted by Crippen LogP contribution is -2.35. The number of aryl methyl sites for hydroxylation is 1. The molecule has 27 heavy (non-hydrogen) atoms. The predicted octanol–water partition coefficient (Wildman–Crippen LogP) is 2.32. The van der Waals surface area contributed by atoms with Gasteiger partial charge in [0, 0.05) is 18.3 Å². The van der Waals surface area contributed by atoms with Gasteiger partial charge in [0.25, 0.3) is 5.91 Å². The number of benzene rings is 2. The van der Waals surface area contributed by atoms with Crippen LogP contribution in [0.5, 0.6) is 5.75 Å². The first-order chi connectivity index (χ1) is 12.9. The van der Waals surface area contributed by atoms with Gasteiger partial charge in [-0.25, -0.2) is 13.1 Å². The van der Waals surface area contributed by atoms with Gasteiger partial charge in [-0.15, -0.1) is 0 Å². The van der Waals surface area contributed by atoms with E-state index in [1.54, 1.807) is 12.1 Å². The summed E-state index contributed by atoms with van der Waals surface area (Å²) in [4.78, 5) is 12.7. The van der Waals surface area contributed by atoms with Gasteiger partial charge in [0.05, 0.1) is 24.2 Å². The van der Waals surface area contributed by atoms with Crippen LogP contribution in [0, 0.1) is 6.92 Å². The average Bonchev–Trinajstić information content (AvgIpc) is 3.15. The molecule has 0 radical (unpaired) electrons. The number of hydrogen-bond donors (Lipinski definition) is 2. The van der Waals surface area contributed by atoms with E-state index in [0.717, 1.165) is 5.56 Å². The molecule has 3 rings (SSSR count). The van der Waals surface area contributed by atoms with E-state index in [4.69, 9.17) is 9.47 Å². The maximum Gasteiger partial charge on any atom is 0.259 e. The van der Waals surface area contributed by atoms with E-state index < -0.39 is 15.9 Å². The summed E-state index contributed by atoms with van der Waals surface area (Å²) in [5.74, 6) is -0.153. The lowest BCUT2D eigenvalue weighted by Gasteiger charge is -2.14. The van der Waals surface area contributed by atoms with Crippen LogP contribution in [-0.4, -0.2) is 40.7 Å². The van der Waals surface area contributed by atoms with Crippen LogP contribution < -0.4 is 14.8 Å². The van der Waals surface area contributed by atoms with E-state index in [2.05, 4.69) is 10.0 Å². The topological polar surface area (TPSA) is 93.7 Å². The number of anilines is 1. The number of ether oxygens (including phenoxy) is 2. The molecule has 1 atom stereocenters. The molecule has 0 spiro atoms. The largest absolute Gasteiger partial charge is 0.496 e. The van der Waals surface area contributed by atoms with E-state index in [1.165, 1.54) is 25.3 Å². The Hall–Kier alpha value is -2.42. The Bertz CT molecular complexity index is 920. The second-order valence-electron chi connectivity index (χ2n) is 6.36. The number of amides is 1. The maximum atomic E-state index is 12.7. The minimum atomic E-state index is -3.77. The van der Waals surface area contributed by atoms with Gasteiger partial charge in [-0.05, 0) is 43.7 Å². The number of rotatable bonds is 6. The van der Waals surface area contributed by atoms with Gasteiger partial charge in [-0.3, -0.25) is 4.79 Å². The van der Waals surface area contributed by atoms with Crippen LogP contribution >= 0.6 is 0 Å². The normalized spacial score (nSPS) is 16.9.